The van der Waals surface area contributed by atoms with Crippen molar-refractivity contribution in [2.24, 2.45) is 0 Å². The lowest BCUT2D eigenvalue weighted by molar-refractivity contribution is 0.0957. The Morgan fingerprint density at radius 3 is 2.67 bits per heavy atom. The van der Waals surface area contributed by atoms with Crippen molar-refractivity contribution in [2.45, 2.75) is 26.2 Å². The second kappa shape index (κ2) is 9.92. The summed E-state index contributed by atoms with van der Waals surface area (Å²) in [7, 11) is 0. The molecule has 0 radical (unpaired) electrons. The van der Waals surface area contributed by atoms with Crippen LogP contribution in [-0.4, -0.2) is 38.6 Å². The molecule has 0 aromatic heterocycles. The van der Waals surface area contributed by atoms with E-state index in [4.69, 9.17) is 0 Å². The molecule has 1 aromatic carbocycles. The molecule has 6 heteroatoms. The van der Waals surface area contributed by atoms with Gasteiger partial charge in [0.1, 0.15) is 0 Å². The maximum atomic E-state index is 12.6. The second-order valence-electron chi connectivity index (χ2n) is 6.21. The molecule has 2 aliphatic heterocycles. The van der Waals surface area contributed by atoms with Crippen molar-refractivity contribution in [2.75, 3.05) is 37.6 Å². The summed E-state index contributed by atoms with van der Waals surface area (Å²) in [4.78, 5) is 15.0. The lowest BCUT2D eigenvalue weighted by atomic mass is 10.1. The Morgan fingerprint density at radius 2 is 2.00 bits per heavy atom. The lowest BCUT2D eigenvalue weighted by Gasteiger charge is -2.22. The molecule has 2 N–H and O–H groups in total. The minimum Gasteiger partial charge on any atom is -0.371 e. The molecule has 24 heavy (non-hydrogen) atoms. The number of carbonyl (C=O) groups is 1. The molecular formula is C18H27Cl2N3O. The molecule has 0 bridgehead atoms. The Morgan fingerprint density at radius 1 is 1.25 bits per heavy atom. The molecule has 1 saturated heterocycles. The van der Waals surface area contributed by atoms with Gasteiger partial charge >= 0.3 is 0 Å². The first-order valence-corrected chi connectivity index (χ1v) is 8.26. The van der Waals surface area contributed by atoms with Crippen LogP contribution in [0.5, 0.6) is 0 Å². The fourth-order valence-electron chi connectivity index (χ4n) is 3.18. The first kappa shape index (κ1) is 20.8. The van der Waals surface area contributed by atoms with Gasteiger partial charge in [0.2, 0.25) is 0 Å². The smallest absolute Gasteiger partial charge is 0.253 e. The zero-order valence-corrected chi connectivity index (χ0v) is 15.8. The quantitative estimate of drug-likeness (QED) is 0.799. The van der Waals surface area contributed by atoms with E-state index >= 15 is 0 Å². The van der Waals surface area contributed by atoms with Crippen LogP contribution in [0.15, 0.2) is 29.8 Å². The molecule has 1 aromatic rings. The molecule has 0 saturated carbocycles. The number of aryl methyl sites for hydroxylation is 1. The SMILES string of the molecule is Cc1ccc(N2CCCC2)c(C(=O)NCC2=CCNCC2)c1.Cl.Cl. The molecule has 0 unspecified atom stereocenters. The summed E-state index contributed by atoms with van der Waals surface area (Å²) in [6.07, 6.45) is 5.64. The number of halogens is 2. The Balaban J connectivity index is 0.00000144. The molecule has 0 atom stereocenters. The number of nitrogens with zero attached hydrogens (tertiary/aromatic N) is 1. The van der Waals surface area contributed by atoms with Crippen LogP contribution in [0.4, 0.5) is 5.69 Å². The number of hydrogen-bond donors (Lipinski definition) is 2. The third-order valence-corrected chi connectivity index (χ3v) is 4.48. The first-order chi connectivity index (χ1) is 10.7. The lowest BCUT2D eigenvalue weighted by Crippen LogP contribution is -2.31. The number of hydrogen-bond acceptors (Lipinski definition) is 3. The van der Waals surface area contributed by atoms with Gasteiger partial charge in [0.15, 0.2) is 0 Å². The van der Waals surface area contributed by atoms with Crippen LogP contribution in [0.1, 0.15) is 35.2 Å². The van der Waals surface area contributed by atoms with Crippen molar-refractivity contribution in [3.05, 3.63) is 41.0 Å². The van der Waals surface area contributed by atoms with Crippen LogP contribution in [0.25, 0.3) is 0 Å². The fraction of sp³-hybridized carbons (Fsp3) is 0.500. The van der Waals surface area contributed by atoms with Crippen molar-refractivity contribution in [1.29, 1.82) is 0 Å². The molecule has 2 heterocycles. The predicted octanol–water partition coefficient (Wildman–Crippen LogP) is 3.09. The molecule has 3 rings (SSSR count). The van der Waals surface area contributed by atoms with E-state index in [9.17, 15) is 4.79 Å². The number of benzene rings is 1. The summed E-state index contributed by atoms with van der Waals surface area (Å²) >= 11 is 0. The number of anilines is 1. The van der Waals surface area contributed by atoms with Crippen LogP contribution < -0.4 is 15.5 Å². The number of carbonyl (C=O) groups excluding carboxylic acids is 1. The maximum Gasteiger partial charge on any atom is 0.253 e. The van der Waals surface area contributed by atoms with Crippen molar-refractivity contribution >= 4 is 36.4 Å². The largest absolute Gasteiger partial charge is 0.371 e. The van der Waals surface area contributed by atoms with Gasteiger partial charge in [-0.05, 0) is 44.9 Å². The molecule has 2 aliphatic rings. The molecule has 1 amide bonds. The van der Waals surface area contributed by atoms with Gasteiger partial charge in [0, 0.05) is 31.9 Å². The van der Waals surface area contributed by atoms with Crippen molar-refractivity contribution < 1.29 is 4.79 Å². The zero-order chi connectivity index (χ0) is 15.4. The molecule has 134 valence electrons. The van der Waals surface area contributed by atoms with Crippen molar-refractivity contribution in [1.82, 2.24) is 10.6 Å². The highest BCUT2D eigenvalue weighted by Gasteiger charge is 2.19. The van der Waals surface area contributed by atoms with Crippen molar-refractivity contribution in [3.8, 4) is 0 Å². The Bertz CT molecular complexity index is 584. The van der Waals surface area contributed by atoms with E-state index in [2.05, 4.69) is 33.7 Å². The number of nitrogens with one attached hydrogen (secondary N) is 2. The molecule has 0 spiro atoms. The van der Waals surface area contributed by atoms with Crippen molar-refractivity contribution in [3.63, 3.8) is 0 Å². The summed E-state index contributed by atoms with van der Waals surface area (Å²) in [6, 6.07) is 6.21. The average molecular weight is 372 g/mol. The second-order valence-corrected chi connectivity index (χ2v) is 6.21. The van der Waals surface area contributed by atoms with Gasteiger partial charge in [-0.1, -0.05) is 23.3 Å². The molecule has 0 aliphatic carbocycles. The van der Waals surface area contributed by atoms with E-state index in [1.54, 1.807) is 0 Å². The highest BCUT2D eigenvalue weighted by Crippen LogP contribution is 2.25. The third kappa shape index (κ3) is 5.13. The molecule has 4 nitrogen and oxygen atoms in total. The van der Waals surface area contributed by atoms with Crippen LogP contribution in [0.2, 0.25) is 0 Å². The van der Waals surface area contributed by atoms with Gasteiger partial charge in [-0.25, -0.2) is 0 Å². The van der Waals surface area contributed by atoms with E-state index in [0.717, 1.165) is 49.4 Å². The van der Waals surface area contributed by atoms with E-state index < -0.39 is 0 Å². The maximum absolute atomic E-state index is 12.6. The number of amides is 1. The summed E-state index contributed by atoms with van der Waals surface area (Å²) in [5.74, 6) is 0.0463. The molecule has 1 fully saturated rings. The number of rotatable bonds is 4. The van der Waals surface area contributed by atoms with Gasteiger partial charge in [-0.3, -0.25) is 4.79 Å². The van der Waals surface area contributed by atoms with Gasteiger partial charge < -0.3 is 15.5 Å². The summed E-state index contributed by atoms with van der Waals surface area (Å²) in [5, 5.41) is 6.39. The van der Waals surface area contributed by atoms with E-state index in [0.29, 0.717) is 6.54 Å². The average Bonchev–Trinajstić information content (AvgIpc) is 3.08. The third-order valence-electron chi connectivity index (χ3n) is 4.48. The van der Waals surface area contributed by atoms with E-state index in [-0.39, 0.29) is 30.7 Å². The van der Waals surface area contributed by atoms with Gasteiger partial charge in [-0.15, -0.1) is 24.8 Å². The van der Waals surface area contributed by atoms with Gasteiger partial charge in [-0.2, -0.15) is 0 Å². The zero-order valence-electron chi connectivity index (χ0n) is 14.1. The van der Waals surface area contributed by atoms with Crippen LogP contribution in [0.3, 0.4) is 0 Å². The van der Waals surface area contributed by atoms with E-state index in [1.165, 1.54) is 18.4 Å². The normalized spacial score (nSPS) is 16.7. The predicted molar refractivity (Wildman–Crippen MR) is 105 cm³/mol. The summed E-state index contributed by atoms with van der Waals surface area (Å²) < 4.78 is 0. The van der Waals surface area contributed by atoms with Gasteiger partial charge in [0.05, 0.1) is 5.56 Å². The van der Waals surface area contributed by atoms with Gasteiger partial charge in [0.25, 0.3) is 5.91 Å². The Hall–Kier alpha value is -1.23. The van der Waals surface area contributed by atoms with E-state index in [1.807, 2.05) is 13.0 Å². The molecular weight excluding hydrogens is 345 g/mol. The van der Waals surface area contributed by atoms with Crippen LogP contribution in [-0.2, 0) is 0 Å². The minimum atomic E-state index is 0. The van der Waals surface area contributed by atoms with Crippen LogP contribution in [0, 0.1) is 6.92 Å². The highest BCUT2D eigenvalue weighted by atomic mass is 35.5. The Kier molecular flexibility index (Phi) is 8.60. The Labute approximate surface area is 156 Å². The highest BCUT2D eigenvalue weighted by molar-refractivity contribution is 6.00. The minimum absolute atomic E-state index is 0. The topological polar surface area (TPSA) is 44.4 Å². The fourth-order valence-corrected chi connectivity index (χ4v) is 3.18. The summed E-state index contributed by atoms with van der Waals surface area (Å²) in [5.41, 5.74) is 4.35. The monoisotopic (exact) mass is 371 g/mol. The summed E-state index contributed by atoms with van der Waals surface area (Å²) in [6.45, 7) is 6.73. The standard InChI is InChI=1S/C18H25N3O.2ClH/c1-14-4-5-17(21-10-2-3-11-21)16(12-14)18(22)20-13-15-6-8-19-9-7-15;;/h4-6,12,19H,2-3,7-11,13H2,1H3,(H,20,22);2*1H. The first-order valence-electron chi connectivity index (χ1n) is 8.26. The van der Waals surface area contributed by atoms with Crippen LogP contribution >= 0.6 is 24.8 Å².